The largest absolute Gasteiger partial charge is 0.497 e. The maximum Gasteiger partial charge on any atom is 0.118 e. The van der Waals surface area contributed by atoms with Gasteiger partial charge in [-0.05, 0) is 44.6 Å². The highest BCUT2D eigenvalue weighted by molar-refractivity contribution is 5.31. The van der Waals surface area contributed by atoms with Gasteiger partial charge >= 0.3 is 0 Å². The number of nitrogens with zero attached hydrogens (tertiary/aromatic N) is 1. The molecule has 1 aliphatic rings. The number of rotatable bonds is 5. The maximum atomic E-state index is 11.2. The summed E-state index contributed by atoms with van der Waals surface area (Å²) in [6.45, 7) is -1.75. The van der Waals surface area contributed by atoms with Crippen molar-refractivity contribution in [3.05, 3.63) is 29.8 Å². The fourth-order valence-electron chi connectivity index (χ4n) is 2.94. The van der Waals surface area contributed by atoms with Crippen LogP contribution in [0.1, 0.15) is 50.4 Å². The van der Waals surface area contributed by atoms with Crippen LogP contribution in [-0.2, 0) is 0 Å². The topological polar surface area (TPSA) is 32.7 Å². The first-order valence-electron chi connectivity index (χ1n) is 9.64. The molecule has 0 amide bonds. The Morgan fingerprint density at radius 3 is 2.50 bits per heavy atom. The molecule has 1 N–H and O–H groups in total. The molecule has 1 atom stereocenters. The van der Waals surface area contributed by atoms with Crippen molar-refractivity contribution in [3.63, 3.8) is 0 Å². The number of hydrogen-bond acceptors (Lipinski definition) is 3. The van der Waals surface area contributed by atoms with Crippen LogP contribution in [0.5, 0.6) is 5.75 Å². The second-order valence-electron chi connectivity index (χ2n) is 5.79. The van der Waals surface area contributed by atoms with Gasteiger partial charge in [0.1, 0.15) is 5.75 Å². The number of likely N-dealkylation sites (N-methyl/N-ethyl adjacent to an activating group) is 1. The summed E-state index contributed by atoms with van der Waals surface area (Å²) in [5, 5.41) is 11.2. The predicted molar refractivity (Wildman–Crippen MR) is 82.3 cm³/mol. The van der Waals surface area contributed by atoms with E-state index in [1.165, 1.54) is 17.0 Å². The number of ether oxygens (including phenoxy) is 1. The molecule has 0 aliphatic heterocycles. The summed E-state index contributed by atoms with van der Waals surface area (Å²) in [6.07, 6.45) is 3.90. The Morgan fingerprint density at radius 2 is 1.95 bits per heavy atom. The molecule has 3 nitrogen and oxygen atoms in total. The zero-order valence-corrected chi connectivity index (χ0v) is 12.2. The van der Waals surface area contributed by atoms with Gasteiger partial charge in [-0.2, -0.15) is 0 Å². The van der Waals surface area contributed by atoms with Gasteiger partial charge in [0.25, 0.3) is 0 Å². The quantitative estimate of drug-likeness (QED) is 0.901. The minimum absolute atomic E-state index is 0.198. The van der Waals surface area contributed by atoms with E-state index >= 15 is 0 Å². The summed E-state index contributed by atoms with van der Waals surface area (Å²) in [5.41, 5.74) is -0.487. The predicted octanol–water partition coefficient (Wildman–Crippen LogP) is 3.04. The zero-order chi connectivity index (χ0) is 18.9. The lowest BCUT2D eigenvalue weighted by Gasteiger charge is -2.40. The summed E-state index contributed by atoms with van der Waals surface area (Å²) >= 11 is 0. The maximum absolute atomic E-state index is 11.2. The fourth-order valence-corrected chi connectivity index (χ4v) is 2.94. The summed E-state index contributed by atoms with van der Waals surface area (Å²) in [4.78, 5) is 1.48. The monoisotopic (exact) mass is 282 g/mol. The molecule has 0 aromatic heterocycles. The van der Waals surface area contributed by atoms with Gasteiger partial charge < -0.3 is 14.7 Å². The lowest BCUT2D eigenvalue weighted by atomic mass is 9.72. The average molecular weight is 282 g/mol. The standard InChI is InChI=1S/C17H27NO2/c1-18(2)13-16(17(19)11-5-4-6-12-17)14-7-9-15(20-3)10-8-14/h7-10,16,19H,4-6,11-13H2,1-3H3/i3D3,13D2. The Labute approximate surface area is 129 Å². The van der Waals surface area contributed by atoms with Gasteiger partial charge in [0.15, 0.2) is 0 Å². The van der Waals surface area contributed by atoms with Crippen LogP contribution in [0.4, 0.5) is 0 Å². The van der Waals surface area contributed by atoms with Crippen LogP contribution in [0.3, 0.4) is 0 Å². The molecule has 0 bridgehead atoms. The first-order chi connectivity index (χ1) is 11.5. The van der Waals surface area contributed by atoms with E-state index in [4.69, 9.17) is 11.6 Å². The summed E-state index contributed by atoms with van der Waals surface area (Å²) < 4.78 is 43.4. The number of aliphatic hydroxyl groups is 1. The van der Waals surface area contributed by atoms with Crippen molar-refractivity contribution in [2.24, 2.45) is 0 Å². The first-order valence-corrected chi connectivity index (χ1v) is 7.14. The zero-order valence-electron chi connectivity index (χ0n) is 17.2. The van der Waals surface area contributed by atoms with Gasteiger partial charge in [-0.15, -0.1) is 0 Å². The molecule has 1 unspecified atom stereocenters. The van der Waals surface area contributed by atoms with E-state index < -0.39 is 25.1 Å². The Kier molecular flexibility index (Phi) is 3.23. The molecule has 0 saturated heterocycles. The van der Waals surface area contributed by atoms with Crippen LogP contribution >= 0.6 is 0 Å². The van der Waals surface area contributed by atoms with E-state index in [1.54, 1.807) is 26.2 Å². The van der Waals surface area contributed by atoms with Crippen LogP contribution in [0.25, 0.3) is 0 Å². The molecule has 0 spiro atoms. The van der Waals surface area contributed by atoms with E-state index in [9.17, 15) is 5.11 Å². The highest BCUT2D eigenvalue weighted by Gasteiger charge is 2.38. The van der Waals surface area contributed by atoms with Crippen molar-refractivity contribution in [2.75, 3.05) is 27.6 Å². The summed E-state index contributed by atoms with van der Waals surface area (Å²) in [6, 6.07) is 6.35. The van der Waals surface area contributed by atoms with Crippen LogP contribution in [0.2, 0.25) is 0 Å². The van der Waals surface area contributed by atoms with Crippen molar-refractivity contribution in [1.29, 1.82) is 0 Å². The van der Waals surface area contributed by atoms with E-state index in [1.807, 2.05) is 0 Å². The smallest absolute Gasteiger partial charge is 0.118 e. The second-order valence-corrected chi connectivity index (χ2v) is 5.79. The summed E-state index contributed by atoms with van der Waals surface area (Å²) in [7, 11) is 0.789. The molecule has 1 aromatic rings. The molecule has 0 heterocycles. The van der Waals surface area contributed by atoms with Gasteiger partial charge in [-0.1, -0.05) is 31.4 Å². The van der Waals surface area contributed by atoms with E-state index in [2.05, 4.69) is 0 Å². The third-order valence-electron chi connectivity index (χ3n) is 3.98. The minimum Gasteiger partial charge on any atom is -0.497 e. The van der Waals surface area contributed by atoms with Gasteiger partial charge in [0, 0.05) is 15.2 Å². The van der Waals surface area contributed by atoms with Crippen molar-refractivity contribution < 1.29 is 16.7 Å². The van der Waals surface area contributed by atoms with Crippen LogP contribution < -0.4 is 4.74 Å². The fraction of sp³-hybridized carbons (Fsp3) is 0.647. The van der Waals surface area contributed by atoms with Gasteiger partial charge in [-0.3, -0.25) is 0 Å². The highest BCUT2D eigenvalue weighted by Crippen LogP contribution is 2.40. The van der Waals surface area contributed by atoms with Crippen molar-refractivity contribution in [1.82, 2.24) is 4.90 Å². The number of benzene rings is 1. The van der Waals surface area contributed by atoms with Gasteiger partial charge in [0.05, 0.1) is 16.8 Å². The van der Waals surface area contributed by atoms with E-state index in [0.717, 1.165) is 19.3 Å². The average Bonchev–Trinajstić information content (AvgIpc) is 2.48. The third kappa shape index (κ3) is 3.53. The Morgan fingerprint density at radius 1 is 1.30 bits per heavy atom. The third-order valence-corrected chi connectivity index (χ3v) is 3.98. The number of hydrogen-bond donors (Lipinski definition) is 1. The van der Waals surface area contributed by atoms with Crippen molar-refractivity contribution in [3.8, 4) is 5.75 Å². The Bertz CT molecular complexity index is 565. The molecule has 2 rings (SSSR count). The molecule has 1 aliphatic carbocycles. The molecule has 3 heteroatoms. The Hall–Kier alpha value is -1.06. The molecular formula is C17H27NO2. The summed E-state index contributed by atoms with van der Waals surface area (Å²) in [5.74, 6) is -0.541. The Balaban J connectivity index is 2.38. The molecule has 20 heavy (non-hydrogen) atoms. The molecular weight excluding hydrogens is 250 g/mol. The van der Waals surface area contributed by atoms with Crippen LogP contribution in [-0.4, -0.2) is 43.2 Å². The van der Waals surface area contributed by atoms with Gasteiger partial charge in [-0.25, -0.2) is 0 Å². The number of methoxy groups -OCH3 is 1. The lowest BCUT2D eigenvalue weighted by Crippen LogP contribution is -2.42. The van der Waals surface area contributed by atoms with Gasteiger partial charge in [0.2, 0.25) is 0 Å². The SMILES string of the molecule is [2H]C([2H])([2H])Oc1ccc(C(C2(O)CCCCC2)C([2H])([2H])N(C)C)cc1. The molecule has 0 radical (unpaired) electrons. The first kappa shape index (κ1) is 9.80. The molecule has 1 fully saturated rings. The second kappa shape index (κ2) is 6.59. The molecule has 1 saturated carbocycles. The normalized spacial score (nSPS) is 24.9. The lowest BCUT2D eigenvalue weighted by molar-refractivity contribution is -0.0277. The molecule has 1 aromatic carbocycles. The van der Waals surface area contributed by atoms with E-state index in [0.29, 0.717) is 18.4 Å². The van der Waals surface area contributed by atoms with Crippen molar-refractivity contribution >= 4 is 0 Å². The minimum atomic E-state index is -2.53. The highest BCUT2D eigenvalue weighted by atomic mass is 16.5. The van der Waals surface area contributed by atoms with Crippen molar-refractivity contribution in [2.45, 2.75) is 43.6 Å². The molecule has 112 valence electrons. The van der Waals surface area contributed by atoms with Crippen LogP contribution in [0.15, 0.2) is 24.3 Å². The van der Waals surface area contributed by atoms with Crippen LogP contribution in [0, 0.1) is 0 Å². The van der Waals surface area contributed by atoms with E-state index in [-0.39, 0.29) is 5.75 Å².